The SMILES string of the molecule is C.C=CCc1c(N)c(-c2ccccc2N)c(CC=C)c(CC=C)c1CC=C. The van der Waals surface area contributed by atoms with Crippen molar-refractivity contribution in [3.63, 3.8) is 0 Å². The summed E-state index contributed by atoms with van der Waals surface area (Å²) < 4.78 is 0. The van der Waals surface area contributed by atoms with E-state index in [-0.39, 0.29) is 7.43 Å². The van der Waals surface area contributed by atoms with Gasteiger partial charge in [-0.1, -0.05) is 49.9 Å². The van der Waals surface area contributed by atoms with Gasteiger partial charge in [0.25, 0.3) is 0 Å². The minimum absolute atomic E-state index is 0. The summed E-state index contributed by atoms with van der Waals surface area (Å²) in [4.78, 5) is 0. The number of nitrogens with two attached hydrogens (primary N) is 2. The first-order valence-corrected chi connectivity index (χ1v) is 8.83. The van der Waals surface area contributed by atoms with Gasteiger partial charge in [-0.05, 0) is 54.0 Å². The van der Waals surface area contributed by atoms with E-state index in [1.807, 2.05) is 48.6 Å². The molecule has 0 amide bonds. The quantitative estimate of drug-likeness (QED) is 0.421. The molecule has 2 aromatic rings. The summed E-state index contributed by atoms with van der Waals surface area (Å²) in [5.74, 6) is 0. The molecule has 0 heterocycles. The van der Waals surface area contributed by atoms with Crippen LogP contribution in [0.1, 0.15) is 29.7 Å². The molecule has 0 fully saturated rings. The summed E-state index contributed by atoms with van der Waals surface area (Å²) in [6.07, 6.45) is 10.6. The Morgan fingerprint density at radius 2 is 1.11 bits per heavy atom. The zero-order valence-electron chi connectivity index (χ0n) is 15.4. The van der Waals surface area contributed by atoms with Crippen molar-refractivity contribution >= 4 is 11.4 Å². The Morgan fingerprint density at radius 1 is 0.667 bits per heavy atom. The zero-order chi connectivity index (χ0) is 19.1. The van der Waals surface area contributed by atoms with Crippen LogP contribution in [0.3, 0.4) is 0 Å². The fourth-order valence-corrected chi connectivity index (χ4v) is 3.55. The summed E-state index contributed by atoms with van der Waals surface area (Å²) in [5, 5.41) is 0. The number of para-hydroxylation sites is 1. The van der Waals surface area contributed by atoms with E-state index in [1.165, 1.54) is 16.7 Å². The highest BCUT2D eigenvalue weighted by Gasteiger charge is 2.22. The molecule has 0 spiro atoms. The second-order valence-corrected chi connectivity index (χ2v) is 6.26. The molecule has 0 aliphatic carbocycles. The zero-order valence-corrected chi connectivity index (χ0v) is 15.4. The van der Waals surface area contributed by atoms with E-state index in [9.17, 15) is 0 Å². The lowest BCUT2D eigenvalue weighted by atomic mass is 9.81. The first kappa shape index (κ1) is 22.0. The Kier molecular flexibility index (Phi) is 8.34. The van der Waals surface area contributed by atoms with Crippen LogP contribution in [0.15, 0.2) is 74.9 Å². The van der Waals surface area contributed by atoms with E-state index < -0.39 is 0 Å². The summed E-state index contributed by atoms with van der Waals surface area (Å²) in [6, 6.07) is 7.85. The normalized spacial score (nSPS) is 9.93. The molecule has 0 aromatic heterocycles. The summed E-state index contributed by atoms with van der Waals surface area (Å²) in [7, 11) is 0. The first-order chi connectivity index (χ1) is 12.6. The molecule has 0 unspecified atom stereocenters. The maximum absolute atomic E-state index is 6.70. The van der Waals surface area contributed by atoms with Crippen LogP contribution in [-0.2, 0) is 25.7 Å². The van der Waals surface area contributed by atoms with E-state index in [2.05, 4.69) is 26.3 Å². The Morgan fingerprint density at radius 3 is 1.63 bits per heavy atom. The molecule has 2 nitrogen and oxygen atoms in total. The van der Waals surface area contributed by atoms with Crippen molar-refractivity contribution < 1.29 is 0 Å². The van der Waals surface area contributed by atoms with Gasteiger partial charge in [-0.25, -0.2) is 0 Å². The maximum Gasteiger partial charge on any atom is 0.0436 e. The molecule has 142 valence electrons. The third-order valence-corrected chi connectivity index (χ3v) is 4.61. The summed E-state index contributed by atoms with van der Waals surface area (Å²) in [6.45, 7) is 15.7. The minimum Gasteiger partial charge on any atom is -0.398 e. The van der Waals surface area contributed by atoms with Gasteiger partial charge in [0.05, 0.1) is 0 Å². The van der Waals surface area contributed by atoms with Gasteiger partial charge in [-0.2, -0.15) is 0 Å². The number of allylic oxidation sites excluding steroid dienone is 4. The smallest absolute Gasteiger partial charge is 0.0436 e. The molecule has 2 heteroatoms. The fourth-order valence-electron chi connectivity index (χ4n) is 3.55. The summed E-state index contributed by atoms with van der Waals surface area (Å²) >= 11 is 0. The fraction of sp³-hybridized carbons (Fsp3) is 0.200. The number of hydrogen-bond donors (Lipinski definition) is 2. The molecule has 4 N–H and O–H groups in total. The number of nitrogen functional groups attached to an aromatic ring is 2. The van der Waals surface area contributed by atoms with E-state index in [0.29, 0.717) is 6.42 Å². The van der Waals surface area contributed by atoms with Crippen molar-refractivity contribution in [2.24, 2.45) is 0 Å². The molecule has 0 atom stereocenters. The van der Waals surface area contributed by atoms with Crippen molar-refractivity contribution in [2.75, 3.05) is 11.5 Å². The van der Waals surface area contributed by atoms with Crippen molar-refractivity contribution in [3.05, 3.63) is 97.1 Å². The molecule has 27 heavy (non-hydrogen) atoms. The molecule has 0 aliphatic heterocycles. The van der Waals surface area contributed by atoms with Crippen molar-refractivity contribution in [1.82, 2.24) is 0 Å². The average Bonchev–Trinajstić information content (AvgIpc) is 2.63. The van der Waals surface area contributed by atoms with Crippen LogP contribution in [0, 0.1) is 0 Å². The van der Waals surface area contributed by atoms with Crippen LogP contribution < -0.4 is 11.5 Å². The highest BCUT2D eigenvalue weighted by atomic mass is 14.6. The molecule has 0 saturated heterocycles. The van der Waals surface area contributed by atoms with Crippen molar-refractivity contribution in [1.29, 1.82) is 0 Å². The van der Waals surface area contributed by atoms with Crippen LogP contribution in [0.5, 0.6) is 0 Å². The Labute approximate surface area is 164 Å². The molecule has 0 radical (unpaired) electrons. The molecular weight excluding hydrogens is 328 g/mol. The predicted molar refractivity (Wildman–Crippen MR) is 123 cm³/mol. The van der Waals surface area contributed by atoms with Gasteiger partial charge < -0.3 is 11.5 Å². The maximum atomic E-state index is 6.70. The van der Waals surface area contributed by atoms with E-state index in [4.69, 9.17) is 11.5 Å². The first-order valence-electron chi connectivity index (χ1n) is 8.83. The standard InChI is InChI=1S/C24H28N2.CH4/c1-5-11-17-18(12-6-2)20(14-8-4)24(26)23(19(17)13-7-3)21-15-9-10-16-22(21)25;/h5-10,15-16H,1-4,11-14,25-26H2;1H4. The molecule has 2 rings (SSSR count). The Balaban J connectivity index is 0.00000364. The average molecular weight is 361 g/mol. The third-order valence-electron chi connectivity index (χ3n) is 4.61. The van der Waals surface area contributed by atoms with Crippen LogP contribution in [0.2, 0.25) is 0 Å². The van der Waals surface area contributed by atoms with Crippen molar-refractivity contribution in [2.45, 2.75) is 33.1 Å². The lowest BCUT2D eigenvalue weighted by Crippen LogP contribution is -2.11. The van der Waals surface area contributed by atoms with E-state index in [1.54, 1.807) is 0 Å². The highest BCUT2D eigenvalue weighted by molar-refractivity contribution is 5.90. The molecular formula is C25H32N2. The van der Waals surface area contributed by atoms with Crippen LogP contribution >= 0.6 is 0 Å². The topological polar surface area (TPSA) is 52.0 Å². The highest BCUT2D eigenvalue weighted by Crippen LogP contribution is 2.41. The van der Waals surface area contributed by atoms with Crippen LogP contribution in [0.4, 0.5) is 11.4 Å². The van der Waals surface area contributed by atoms with Gasteiger partial charge in [0.1, 0.15) is 0 Å². The van der Waals surface area contributed by atoms with Gasteiger partial charge >= 0.3 is 0 Å². The number of rotatable bonds is 9. The van der Waals surface area contributed by atoms with Gasteiger partial charge in [0.2, 0.25) is 0 Å². The second kappa shape index (κ2) is 10.2. The number of anilines is 2. The third kappa shape index (κ3) is 4.40. The van der Waals surface area contributed by atoms with Gasteiger partial charge in [-0.3, -0.25) is 0 Å². The monoisotopic (exact) mass is 360 g/mol. The lowest BCUT2D eigenvalue weighted by Gasteiger charge is -2.24. The second-order valence-electron chi connectivity index (χ2n) is 6.26. The van der Waals surface area contributed by atoms with Gasteiger partial charge in [0.15, 0.2) is 0 Å². The van der Waals surface area contributed by atoms with Crippen molar-refractivity contribution in [3.8, 4) is 11.1 Å². The Hall–Kier alpha value is -3.00. The summed E-state index contributed by atoms with van der Waals surface area (Å²) in [5.41, 5.74) is 21.2. The van der Waals surface area contributed by atoms with E-state index >= 15 is 0 Å². The molecule has 0 aliphatic rings. The molecule has 0 bridgehead atoms. The lowest BCUT2D eigenvalue weighted by molar-refractivity contribution is 1.05. The van der Waals surface area contributed by atoms with Gasteiger partial charge in [-0.15, -0.1) is 26.3 Å². The van der Waals surface area contributed by atoms with Crippen LogP contribution in [-0.4, -0.2) is 0 Å². The minimum atomic E-state index is 0. The number of benzene rings is 2. The van der Waals surface area contributed by atoms with E-state index in [0.717, 1.165) is 47.3 Å². The largest absolute Gasteiger partial charge is 0.398 e. The Bertz CT molecular complexity index is 844. The molecule has 2 aromatic carbocycles. The predicted octanol–water partition coefficient (Wildman–Crippen LogP) is 6.07. The molecule has 0 saturated carbocycles. The van der Waals surface area contributed by atoms with Gasteiger partial charge in [0, 0.05) is 22.5 Å². The van der Waals surface area contributed by atoms with Crippen LogP contribution in [0.25, 0.3) is 11.1 Å². The number of hydrogen-bond acceptors (Lipinski definition) is 2.